The van der Waals surface area contributed by atoms with Gasteiger partial charge in [0.15, 0.2) is 0 Å². The Morgan fingerprint density at radius 2 is 1.89 bits per heavy atom. The molecule has 0 fully saturated rings. The summed E-state index contributed by atoms with van der Waals surface area (Å²) < 4.78 is 25.6. The highest BCUT2D eigenvalue weighted by Crippen LogP contribution is 2.15. The normalized spacial score (nSPS) is 11.7. The van der Waals surface area contributed by atoms with Crippen LogP contribution in [0.5, 0.6) is 0 Å². The zero-order valence-corrected chi connectivity index (χ0v) is 11.8. The lowest BCUT2D eigenvalue weighted by atomic mass is 10.2. The van der Waals surface area contributed by atoms with Crippen molar-refractivity contribution in [3.05, 3.63) is 29.8 Å². The van der Waals surface area contributed by atoms with Gasteiger partial charge in [-0.1, -0.05) is 12.1 Å². The van der Waals surface area contributed by atoms with Crippen molar-refractivity contribution in [2.75, 3.05) is 27.2 Å². The summed E-state index contributed by atoms with van der Waals surface area (Å²) in [6, 6.07) is 5.91. The minimum atomic E-state index is -3.51. The van der Waals surface area contributed by atoms with Crippen LogP contribution >= 0.6 is 0 Å². The van der Waals surface area contributed by atoms with Crippen molar-refractivity contribution >= 4 is 16.0 Å². The lowest BCUT2D eigenvalue weighted by molar-refractivity contribution is -0.136. The van der Waals surface area contributed by atoms with Crippen molar-refractivity contribution in [1.29, 1.82) is 0 Å². The molecule has 0 heterocycles. The number of hydrogen-bond acceptors (Lipinski definition) is 4. The maximum absolute atomic E-state index is 12.2. The second kappa shape index (κ2) is 6.65. The van der Waals surface area contributed by atoms with Gasteiger partial charge in [-0.15, -0.1) is 0 Å². The van der Waals surface area contributed by atoms with Gasteiger partial charge in [0.25, 0.3) is 0 Å². The largest absolute Gasteiger partial charge is 0.481 e. The molecule has 1 rings (SSSR count). The Hall–Kier alpha value is -1.44. The van der Waals surface area contributed by atoms with Crippen LogP contribution < -0.4 is 5.32 Å². The van der Waals surface area contributed by atoms with Gasteiger partial charge in [-0.25, -0.2) is 8.42 Å². The number of aliphatic carboxylic acids is 1. The molecule has 7 heteroatoms. The molecule has 106 valence electrons. The molecule has 0 amide bonds. The van der Waals surface area contributed by atoms with Crippen molar-refractivity contribution in [2.45, 2.75) is 11.3 Å². The highest BCUT2D eigenvalue weighted by Gasteiger charge is 2.19. The summed E-state index contributed by atoms with van der Waals surface area (Å²) in [5.41, 5.74) is 0.573. The number of carboxylic acid groups (broad SMARTS) is 1. The lowest BCUT2D eigenvalue weighted by Crippen LogP contribution is -2.32. The van der Waals surface area contributed by atoms with Crippen LogP contribution in [0.15, 0.2) is 29.2 Å². The SMILES string of the molecule is CNCCN(C)S(=O)(=O)c1ccc(CC(=O)O)cc1. The Morgan fingerprint density at radius 3 is 2.37 bits per heavy atom. The molecule has 0 radical (unpaired) electrons. The number of hydrogen-bond donors (Lipinski definition) is 2. The van der Waals surface area contributed by atoms with Crippen molar-refractivity contribution in [3.8, 4) is 0 Å². The summed E-state index contributed by atoms with van der Waals surface area (Å²) >= 11 is 0. The minimum Gasteiger partial charge on any atom is -0.481 e. The van der Waals surface area contributed by atoms with Gasteiger partial charge in [0.2, 0.25) is 10.0 Å². The van der Waals surface area contributed by atoms with E-state index in [-0.39, 0.29) is 11.3 Å². The molecule has 0 aliphatic heterocycles. The molecule has 0 aromatic heterocycles. The van der Waals surface area contributed by atoms with E-state index < -0.39 is 16.0 Å². The molecule has 0 bridgehead atoms. The monoisotopic (exact) mass is 286 g/mol. The van der Waals surface area contributed by atoms with Crippen LogP contribution in [0.1, 0.15) is 5.56 Å². The Kier molecular flexibility index (Phi) is 5.46. The van der Waals surface area contributed by atoms with Crippen LogP contribution in [0.25, 0.3) is 0 Å². The molecular formula is C12H18N2O4S. The molecule has 0 aliphatic carbocycles. The van der Waals surface area contributed by atoms with E-state index in [0.717, 1.165) is 0 Å². The molecule has 19 heavy (non-hydrogen) atoms. The smallest absolute Gasteiger partial charge is 0.307 e. The number of nitrogens with zero attached hydrogens (tertiary/aromatic N) is 1. The number of nitrogens with one attached hydrogen (secondary N) is 1. The van der Waals surface area contributed by atoms with Gasteiger partial charge in [0.1, 0.15) is 0 Å². The third kappa shape index (κ3) is 4.30. The van der Waals surface area contributed by atoms with Crippen molar-refractivity contribution in [1.82, 2.24) is 9.62 Å². The molecule has 0 saturated heterocycles. The first-order valence-electron chi connectivity index (χ1n) is 5.79. The summed E-state index contributed by atoms with van der Waals surface area (Å²) in [4.78, 5) is 10.7. The molecule has 0 atom stereocenters. The molecule has 0 aliphatic rings. The number of carboxylic acids is 1. The summed E-state index contributed by atoms with van der Waals surface area (Å²) in [7, 11) is -0.248. The van der Waals surface area contributed by atoms with Crippen molar-refractivity contribution in [3.63, 3.8) is 0 Å². The van der Waals surface area contributed by atoms with Gasteiger partial charge in [0, 0.05) is 20.1 Å². The lowest BCUT2D eigenvalue weighted by Gasteiger charge is -2.17. The van der Waals surface area contributed by atoms with E-state index in [2.05, 4.69) is 5.32 Å². The standard InChI is InChI=1S/C12H18N2O4S/c1-13-7-8-14(2)19(17,18)11-5-3-10(4-6-11)9-12(15)16/h3-6,13H,7-9H2,1-2H3,(H,15,16). The van der Waals surface area contributed by atoms with E-state index in [4.69, 9.17) is 5.11 Å². The third-order valence-electron chi connectivity index (χ3n) is 2.66. The number of sulfonamides is 1. The van der Waals surface area contributed by atoms with Crippen LogP contribution in [-0.4, -0.2) is 51.0 Å². The average Bonchev–Trinajstić information content (AvgIpc) is 2.35. The summed E-state index contributed by atoms with van der Waals surface area (Å²) in [5, 5.41) is 11.5. The van der Waals surface area contributed by atoms with Gasteiger partial charge < -0.3 is 10.4 Å². The zero-order chi connectivity index (χ0) is 14.5. The quantitative estimate of drug-likeness (QED) is 0.745. The maximum Gasteiger partial charge on any atom is 0.307 e. The number of likely N-dealkylation sites (N-methyl/N-ethyl adjacent to an activating group) is 2. The van der Waals surface area contributed by atoms with E-state index >= 15 is 0 Å². The van der Waals surface area contributed by atoms with Gasteiger partial charge in [-0.2, -0.15) is 4.31 Å². The topological polar surface area (TPSA) is 86.7 Å². The fourth-order valence-corrected chi connectivity index (χ4v) is 2.69. The molecule has 1 aromatic carbocycles. The second-order valence-electron chi connectivity index (χ2n) is 4.14. The molecule has 2 N–H and O–H groups in total. The Labute approximate surface area is 113 Å². The van der Waals surface area contributed by atoms with Crippen LogP contribution in [0, 0.1) is 0 Å². The van der Waals surface area contributed by atoms with Crippen LogP contribution in [-0.2, 0) is 21.2 Å². The fourth-order valence-electron chi connectivity index (χ4n) is 1.52. The van der Waals surface area contributed by atoms with Gasteiger partial charge in [-0.3, -0.25) is 4.79 Å². The first-order chi connectivity index (χ1) is 8.87. The number of rotatable bonds is 7. The number of benzene rings is 1. The van der Waals surface area contributed by atoms with E-state index in [0.29, 0.717) is 18.7 Å². The van der Waals surface area contributed by atoms with E-state index in [1.807, 2.05) is 0 Å². The van der Waals surface area contributed by atoms with Gasteiger partial charge in [-0.05, 0) is 24.7 Å². The zero-order valence-electron chi connectivity index (χ0n) is 11.0. The summed E-state index contributed by atoms with van der Waals surface area (Å²) in [6.45, 7) is 0.933. The van der Waals surface area contributed by atoms with Crippen molar-refractivity contribution in [2.24, 2.45) is 0 Å². The predicted molar refractivity (Wildman–Crippen MR) is 71.5 cm³/mol. The van der Waals surface area contributed by atoms with Gasteiger partial charge >= 0.3 is 5.97 Å². The third-order valence-corrected chi connectivity index (χ3v) is 4.53. The van der Waals surface area contributed by atoms with E-state index in [9.17, 15) is 13.2 Å². The fraction of sp³-hybridized carbons (Fsp3) is 0.417. The average molecular weight is 286 g/mol. The molecular weight excluding hydrogens is 268 g/mol. The minimum absolute atomic E-state index is 0.115. The Morgan fingerprint density at radius 1 is 1.32 bits per heavy atom. The van der Waals surface area contributed by atoms with Crippen molar-refractivity contribution < 1.29 is 18.3 Å². The Balaban J connectivity index is 2.87. The molecule has 6 nitrogen and oxygen atoms in total. The van der Waals surface area contributed by atoms with E-state index in [1.165, 1.54) is 35.6 Å². The molecule has 1 aromatic rings. The summed E-state index contributed by atoms with van der Waals surface area (Å²) in [5.74, 6) is -0.943. The molecule has 0 spiro atoms. The van der Waals surface area contributed by atoms with Crippen LogP contribution in [0.3, 0.4) is 0 Å². The van der Waals surface area contributed by atoms with Crippen LogP contribution in [0.4, 0.5) is 0 Å². The molecule has 0 saturated carbocycles. The molecule has 0 unspecified atom stereocenters. The predicted octanol–water partition coefficient (Wildman–Crippen LogP) is 0.154. The first kappa shape index (κ1) is 15.6. The van der Waals surface area contributed by atoms with Crippen LogP contribution in [0.2, 0.25) is 0 Å². The first-order valence-corrected chi connectivity index (χ1v) is 7.23. The second-order valence-corrected chi connectivity index (χ2v) is 6.19. The van der Waals surface area contributed by atoms with E-state index in [1.54, 1.807) is 7.05 Å². The van der Waals surface area contributed by atoms with Gasteiger partial charge in [0.05, 0.1) is 11.3 Å². The highest BCUT2D eigenvalue weighted by molar-refractivity contribution is 7.89. The Bertz CT molecular complexity index is 525. The highest BCUT2D eigenvalue weighted by atomic mass is 32.2. The maximum atomic E-state index is 12.2. The summed E-state index contributed by atoms with van der Waals surface area (Å²) in [6.07, 6.45) is -0.115. The number of carbonyl (C=O) groups is 1.